The molecule has 0 saturated carbocycles. The Balaban J connectivity index is 1.85. The predicted octanol–water partition coefficient (Wildman–Crippen LogP) is 2.41. The number of benzene rings is 1. The molecule has 0 spiro atoms. The van der Waals surface area contributed by atoms with Crippen LogP contribution >= 0.6 is 0 Å². The molecule has 1 fully saturated rings. The molecule has 1 saturated heterocycles. The zero-order valence-corrected chi connectivity index (χ0v) is 12.2. The van der Waals surface area contributed by atoms with E-state index >= 15 is 0 Å². The highest BCUT2D eigenvalue weighted by molar-refractivity contribution is 5.22. The molecular formula is C16H26N2O. The second-order valence-corrected chi connectivity index (χ2v) is 5.23. The molecule has 0 radical (unpaired) electrons. The number of ether oxygens (including phenoxy) is 1. The maximum Gasteiger partial charge on any atom is 0.0700 e. The quantitative estimate of drug-likeness (QED) is 0.852. The van der Waals surface area contributed by atoms with Crippen LogP contribution in [-0.4, -0.2) is 37.2 Å². The van der Waals surface area contributed by atoms with Crippen LogP contribution in [0.15, 0.2) is 24.3 Å². The maximum absolute atomic E-state index is 5.71. The number of hydrogen-bond acceptors (Lipinski definition) is 3. The zero-order valence-electron chi connectivity index (χ0n) is 12.2. The summed E-state index contributed by atoms with van der Waals surface area (Å²) < 4.78 is 5.71. The van der Waals surface area contributed by atoms with E-state index in [2.05, 4.69) is 48.3 Å². The molecule has 106 valence electrons. The van der Waals surface area contributed by atoms with Crippen LogP contribution in [-0.2, 0) is 17.8 Å². The summed E-state index contributed by atoms with van der Waals surface area (Å²) >= 11 is 0. The van der Waals surface area contributed by atoms with Crippen LogP contribution in [0.1, 0.15) is 31.4 Å². The van der Waals surface area contributed by atoms with E-state index in [1.165, 1.54) is 11.1 Å². The Bertz CT molecular complexity index is 364. The van der Waals surface area contributed by atoms with Gasteiger partial charge in [-0.2, -0.15) is 0 Å². The van der Waals surface area contributed by atoms with Crippen molar-refractivity contribution in [1.82, 2.24) is 10.2 Å². The molecule has 1 aromatic carbocycles. The van der Waals surface area contributed by atoms with Gasteiger partial charge in [0.2, 0.25) is 0 Å². The van der Waals surface area contributed by atoms with Gasteiger partial charge in [-0.05, 0) is 24.1 Å². The first kappa shape index (κ1) is 14.5. The fourth-order valence-corrected chi connectivity index (χ4v) is 2.46. The molecule has 1 atom stereocenters. The van der Waals surface area contributed by atoms with Crippen LogP contribution in [0.5, 0.6) is 0 Å². The number of morpholine rings is 1. The smallest absolute Gasteiger partial charge is 0.0700 e. The molecule has 1 heterocycles. The third-order valence-electron chi connectivity index (χ3n) is 3.69. The average molecular weight is 262 g/mol. The standard InChI is InChI=1S/C16H26N2O/c1-3-16-13-18(9-10-19-16)12-15-7-5-14(6-8-15)11-17-4-2/h5-8,16-17H,3-4,9-13H2,1-2H3. The average Bonchev–Trinajstić information content (AvgIpc) is 2.47. The molecule has 1 aliphatic rings. The van der Waals surface area contributed by atoms with Gasteiger partial charge in [-0.1, -0.05) is 38.1 Å². The van der Waals surface area contributed by atoms with Crippen molar-refractivity contribution in [2.45, 2.75) is 39.5 Å². The van der Waals surface area contributed by atoms with E-state index in [0.29, 0.717) is 6.10 Å². The molecule has 2 rings (SSSR count). The Morgan fingerprint density at radius 1 is 1.21 bits per heavy atom. The summed E-state index contributed by atoms with van der Waals surface area (Å²) in [6.07, 6.45) is 1.53. The lowest BCUT2D eigenvalue weighted by Crippen LogP contribution is -2.41. The fourth-order valence-electron chi connectivity index (χ4n) is 2.46. The van der Waals surface area contributed by atoms with E-state index in [1.807, 2.05) is 0 Å². The van der Waals surface area contributed by atoms with Gasteiger partial charge in [-0.25, -0.2) is 0 Å². The summed E-state index contributed by atoms with van der Waals surface area (Å²) in [7, 11) is 0. The highest BCUT2D eigenvalue weighted by Gasteiger charge is 2.18. The molecule has 19 heavy (non-hydrogen) atoms. The number of rotatable bonds is 6. The van der Waals surface area contributed by atoms with E-state index in [0.717, 1.165) is 45.8 Å². The molecule has 1 N–H and O–H groups in total. The van der Waals surface area contributed by atoms with Crippen molar-refractivity contribution in [1.29, 1.82) is 0 Å². The third-order valence-corrected chi connectivity index (χ3v) is 3.69. The van der Waals surface area contributed by atoms with Gasteiger partial charge in [0.15, 0.2) is 0 Å². The third kappa shape index (κ3) is 4.60. The molecule has 0 aromatic heterocycles. The minimum Gasteiger partial charge on any atom is -0.376 e. The molecule has 0 amide bonds. The summed E-state index contributed by atoms with van der Waals surface area (Å²) in [6, 6.07) is 8.97. The van der Waals surface area contributed by atoms with E-state index in [-0.39, 0.29) is 0 Å². The van der Waals surface area contributed by atoms with Crippen molar-refractivity contribution in [2.24, 2.45) is 0 Å². The molecule has 0 bridgehead atoms. The van der Waals surface area contributed by atoms with Gasteiger partial charge in [0, 0.05) is 26.2 Å². The van der Waals surface area contributed by atoms with Crippen LogP contribution in [0.2, 0.25) is 0 Å². The van der Waals surface area contributed by atoms with E-state index in [1.54, 1.807) is 0 Å². The maximum atomic E-state index is 5.71. The van der Waals surface area contributed by atoms with Crippen molar-refractivity contribution in [3.63, 3.8) is 0 Å². The van der Waals surface area contributed by atoms with Gasteiger partial charge in [0.1, 0.15) is 0 Å². The first-order valence-electron chi connectivity index (χ1n) is 7.44. The van der Waals surface area contributed by atoms with Crippen LogP contribution in [0.25, 0.3) is 0 Å². The van der Waals surface area contributed by atoms with Gasteiger partial charge in [0.05, 0.1) is 12.7 Å². The van der Waals surface area contributed by atoms with Crippen LogP contribution in [0.4, 0.5) is 0 Å². The van der Waals surface area contributed by atoms with Crippen molar-refractivity contribution < 1.29 is 4.74 Å². The van der Waals surface area contributed by atoms with E-state index in [9.17, 15) is 0 Å². The Labute approximate surface area is 116 Å². The van der Waals surface area contributed by atoms with E-state index < -0.39 is 0 Å². The molecule has 3 heteroatoms. The molecule has 0 aliphatic carbocycles. The van der Waals surface area contributed by atoms with E-state index in [4.69, 9.17) is 4.74 Å². The summed E-state index contributed by atoms with van der Waals surface area (Å²) in [5.41, 5.74) is 2.76. The lowest BCUT2D eigenvalue weighted by atomic mass is 10.1. The van der Waals surface area contributed by atoms with Crippen molar-refractivity contribution in [3.05, 3.63) is 35.4 Å². The van der Waals surface area contributed by atoms with Gasteiger partial charge in [-0.15, -0.1) is 0 Å². The summed E-state index contributed by atoms with van der Waals surface area (Å²) in [5.74, 6) is 0. The van der Waals surface area contributed by atoms with Crippen LogP contribution in [0, 0.1) is 0 Å². The van der Waals surface area contributed by atoms with Crippen molar-refractivity contribution >= 4 is 0 Å². The van der Waals surface area contributed by atoms with Gasteiger partial charge >= 0.3 is 0 Å². The van der Waals surface area contributed by atoms with Crippen LogP contribution < -0.4 is 5.32 Å². The largest absolute Gasteiger partial charge is 0.376 e. The molecule has 1 unspecified atom stereocenters. The highest BCUT2D eigenvalue weighted by Crippen LogP contribution is 2.13. The topological polar surface area (TPSA) is 24.5 Å². The number of nitrogens with one attached hydrogen (secondary N) is 1. The van der Waals surface area contributed by atoms with Crippen molar-refractivity contribution in [3.8, 4) is 0 Å². The lowest BCUT2D eigenvalue weighted by Gasteiger charge is -2.32. The fraction of sp³-hybridized carbons (Fsp3) is 0.625. The first-order chi connectivity index (χ1) is 9.31. The SMILES string of the molecule is CCNCc1ccc(CN2CCOC(CC)C2)cc1. The Kier molecular flexibility index (Phi) is 5.83. The summed E-state index contributed by atoms with van der Waals surface area (Å²) in [6.45, 7) is 10.4. The minimum absolute atomic E-state index is 0.418. The molecule has 1 aromatic rings. The molecule has 1 aliphatic heterocycles. The number of nitrogens with zero attached hydrogens (tertiary/aromatic N) is 1. The summed E-state index contributed by atoms with van der Waals surface area (Å²) in [5, 5.41) is 3.35. The Morgan fingerprint density at radius 2 is 1.95 bits per heavy atom. The minimum atomic E-state index is 0.418. The molecular weight excluding hydrogens is 236 g/mol. The predicted molar refractivity (Wildman–Crippen MR) is 79.1 cm³/mol. The Hall–Kier alpha value is -0.900. The normalized spacial score (nSPS) is 20.6. The second kappa shape index (κ2) is 7.63. The zero-order chi connectivity index (χ0) is 13.5. The monoisotopic (exact) mass is 262 g/mol. The Morgan fingerprint density at radius 3 is 2.63 bits per heavy atom. The van der Waals surface area contributed by atoms with Gasteiger partial charge in [0.25, 0.3) is 0 Å². The summed E-state index contributed by atoms with van der Waals surface area (Å²) in [4.78, 5) is 2.50. The lowest BCUT2D eigenvalue weighted by molar-refractivity contribution is -0.0324. The van der Waals surface area contributed by atoms with Gasteiger partial charge in [-0.3, -0.25) is 4.90 Å². The number of hydrogen-bond donors (Lipinski definition) is 1. The van der Waals surface area contributed by atoms with Gasteiger partial charge < -0.3 is 10.1 Å². The molecule has 3 nitrogen and oxygen atoms in total. The second-order valence-electron chi connectivity index (χ2n) is 5.23. The van der Waals surface area contributed by atoms with Crippen molar-refractivity contribution in [2.75, 3.05) is 26.2 Å². The first-order valence-corrected chi connectivity index (χ1v) is 7.44. The van der Waals surface area contributed by atoms with Crippen LogP contribution in [0.3, 0.4) is 0 Å². The highest BCUT2D eigenvalue weighted by atomic mass is 16.5.